The third-order valence-electron chi connectivity index (χ3n) is 6.70. The van der Waals surface area contributed by atoms with E-state index in [4.69, 9.17) is 4.74 Å². The van der Waals surface area contributed by atoms with Crippen molar-refractivity contribution in [2.75, 3.05) is 27.2 Å². The van der Waals surface area contributed by atoms with Crippen LogP contribution in [0.1, 0.15) is 28.6 Å². The number of rotatable bonds is 8. The molecule has 1 atom stereocenters. The van der Waals surface area contributed by atoms with E-state index in [1.165, 1.54) is 4.90 Å². The van der Waals surface area contributed by atoms with Crippen LogP contribution in [0, 0.1) is 6.92 Å². The van der Waals surface area contributed by atoms with Gasteiger partial charge in [-0.15, -0.1) is 0 Å². The average Bonchev–Trinajstić information content (AvgIpc) is 3.39. The molecule has 8 heteroatoms. The van der Waals surface area contributed by atoms with Crippen LogP contribution in [-0.2, 0) is 16.2 Å². The Hall–Kier alpha value is -4.43. The lowest BCUT2D eigenvalue weighted by molar-refractivity contribution is -0.140. The number of nitrogens with zero attached hydrogens (tertiary/aromatic N) is 4. The fraction of sp³-hybridized carbons (Fsp3) is 0.233. The Kier molecular flexibility index (Phi) is 6.98. The number of aliphatic hydroxyl groups excluding tert-OH is 1. The number of fused-ring (bicyclic) bond motifs is 1. The Labute approximate surface area is 221 Å². The molecule has 1 amide bonds. The van der Waals surface area contributed by atoms with Crippen molar-refractivity contribution >= 4 is 23.1 Å². The Morgan fingerprint density at radius 3 is 2.42 bits per heavy atom. The van der Waals surface area contributed by atoms with E-state index < -0.39 is 17.7 Å². The van der Waals surface area contributed by atoms with Gasteiger partial charge in [0, 0.05) is 19.3 Å². The topological polar surface area (TPSA) is 87.4 Å². The molecule has 5 rings (SSSR count). The maximum Gasteiger partial charge on any atom is 0.295 e. The van der Waals surface area contributed by atoms with Gasteiger partial charge in [0.1, 0.15) is 23.7 Å². The molecule has 1 N–H and O–H groups in total. The summed E-state index contributed by atoms with van der Waals surface area (Å²) in [5, 5.41) is 11.6. The van der Waals surface area contributed by atoms with Crippen LogP contribution in [0.3, 0.4) is 0 Å². The number of benzene rings is 2. The summed E-state index contributed by atoms with van der Waals surface area (Å²) in [6.07, 6.45) is 1.78. The number of aliphatic hydroxyl groups is 1. The molecule has 0 radical (unpaired) electrons. The summed E-state index contributed by atoms with van der Waals surface area (Å²) < 4.78 is 7.66. The van der Waals surface area contributed by atoms with E-state index in [2.05, 4.69) is 4.98 Å². The highest BCUT2D eigenvalue weighted by molar-refractivity contribution is 6.46. The first-order chi connectivity index (χ1) is 18.3. The zero-order chi connectivity index (χ0) is 26.8. The second-order valence-electron chi connectivity index (χ2n) is 9.61. The number of hydrogen-bond acceptors (Lipinski definition) is 6. The fourth-order valence-corrected chi connectivity index (χ4v) is 4.78. The molecule has 0 saturated carbocycles. The molecule has 1 aliphatic rings. The van der Waals surface area contributed by atoms with Gasteiger partial charge in [0.25, 0.3) is 11.7 Å². The quantitative estimate of drug-likeness (QED) is 0.217. The fourth-order valence-electron chi connectivity index (χ4n) is 4.78. The zero-order valence-corrected chi connectivity index (χ0v) is 21.7. The number of carbonyl (C=O) groups is 2. The first-order valence-corrected chi connectivity index (χ1v) is 12.5. The summed E-state index contributed by atoms with van der Waals surface area (Å²) in [4.78, 5) is 34.6. The number of pyridine rings is 1. The molecule has 1 fully saturated rings. The molecule has 38 heavy (non-hydrogen) atoms. The van der Waals surface area contributed by atoms with Gasteiger partial charge in [-0.05, 0) is 56.4 Å². The number of ether oxygens (including phenoxy) is 1. The molecule has 3 heterocycles. The number of imidazole rings is 1. The Morgan fingerprint density at radius 1 is 1.00 bits per heavy atom. The SMILES string of the molecule is Cc1nc2ccccn2c1C(O)=C1C(=O)C(=O)N(CCN(C)C)C1c1ccc(OCc2ccccc2)cc1. The first kappa shape index (κ1) is 25.2. The highest BCUT2D eigenvalue weighted by atomic mass is 16.5. The lowest BCUT2D eigenvalue weighted by atomic mass is 9.96. The van der Waals surface area contributed by atoms with Crippen LogP contribution in [0.5, 0.6) is 5.75 Å². The Morgan fingerprint density at radius 2 is 1.71 bits per heavy atom. The Bertz CT molecular complexity index is 1510. The molecule has 1 unspecified atom stereocenters. The number of aromatic nitrogens is 2. The van der Waals surface area contributed by atoms with Crippen molar-refractivity contribution in [1.82, 2.24) is 19.2 Å². The lowest BCUT2D eigenvalue weighted by Crippen LogP contribution is -2.35. The van der Waals surface area contributed by atoms with Gasteiger partial charge in [-0.3, -0.25) is 14.0 Å². The van der Waals surface area contributed by atoms with E-state index in [-0.39, 0.29) is 11.3 Å². The van der Waals surface area contributed by atoms with Gasteiger partial charge in [-0.2, -0.15) is 0 Å². The van der Waals surface area contributed by atoms with E-state index in [1.807, 2.05) is 91.8 Å². The van der Waals surface area contributed by atoms with Crippen LogP contribution in [-0.4, -0.2) is 63.2 Å². The molecule has 2 aromatic carbocycles. The third kappa shape index (κ3) is 4.78. The number of likely N-dealkylation sites (tertiary alicyclic amines) is 1. The molecular weight excluding hydrogens is 480 g/mol. The highest BCUT2D eigenvalue weighted by Crippen LogP contribution is 2.40. The van der Waals surface area contributed by atoms with E-state index in [9.17, 15) is 14.7 Å². The van der Waals surface area contributed by atoms with Crippen molar-refractivity contribution < 1.29 is 19.4 Å². The monoisotopic (exact) mass is 510 g/mol. The predicted molar refractivity (Wildman–Crippen MR) is 145 cm³/mol. The Balaban J connectivity index is 1.55. The maximum absolute atomic E-state index is 13.4. The second kappa shape index (κ2) is 10.5. The minimum absolute atomic E-state index is 0.0560. The molecule has 4 aromatic rings. The third-order valence-corrected chi connectivity index (χ3v) is 6.70. The minimum atomic E-state index is -0.744. The molecule has 0 spiro atoms. The van der Waals surface area contributed by atoms with Crippen molar-refractivity contribution in [3.05, 3.63) is 107 Å². The summed E-state index contributed by atoms with van der Waals surface area (Å²) in [5.41, 5.74) is 3.43. The van der Waals surface area contributed by atoms with Crippen molar-refractivity contribution in [1.29, 1.82) is 0 Å². The summed E-state index contributed by atoms with van der Waals surface area (Å²) in [5.74, 6) is -0.906. The molecule has 194 valence electrons. The molecule has 0 aliphatic carbocycles. The summed E-state index contributed by atoms with van der Waals surface area (Å²) in [6.45, 7) is 3.10. The smallest absolute Gasteiger partial charge is 0.295 e. The average molecular weight is 511 g/mol. The largest absolute Gasteiger partial charge is 0.505 e. The summed E-state index contributed by atoms with van der Waals surface area (Å²) in [7, 11) is 3.82. The number of carbonyl (C=O) groups excluding carboxylic acids is 2. The zero-order valence-electron chi connectivity index (χ0n) is 21.7. The van der Waals surface area contributed by atoms with Crippen molar-refractivity contribution in [2.24, 2.45) is 0 Å². The van der Waals surface area contributed by atoms with E-state index in [1.54, 1.807) is 17.5 Å². The van der Waals surface area contributed by atoms with Crippen LogP contribution in [0.4, 0.5) is 0 Å². The number of ketones is 1. The van der Waals surface area contributed by atoms with Crippen LogP contribution < -0.4 is 4.74 Å². The van der Waals surface area contributed by atoms with E-state index in [0.29, 0.717) is 48.0 Å². The van der Waals surface area contributed by atoms with Crippen molar-refractivity contribution in [3.63, 3.8) is 0 Å². The molecular formula is C30H30N4O4. The number of amides is 1. The highest BCUT2D eigenvalue weighted by Gasteiger charge is 2.46. The maximum atomic E-state index is 13.4. The summed E-state index contributed by atoms with van der Waals surface area (Å²) >= 11 is 0. The second-order valence-corrected chi connectivity index (χ2v) is 9.61. The van der Waals surface area contributed by atoms with Gasteiger partial charge in [-0.25, -0.2) is 4.98 Å². The van der Waals surface area contributed by atoms with Crippen LogP contribution in [0.25, 0.3) is 11.4 Å². The molecule has 0 bridgehead atoms. The van der Waals surface area contributed by atoms with Crippen LogP contribution in [0.15, 0.2) is 84.6 Å². The first-order valence-electron chi connectivity index (χ1n) is 12.5. The molecule has 2 aromatic heterocycles. The van der Waals surface area contributed by atoms with Gasteiger partial charge >= 0.3 is 0 Å². The molecule has 1 aliphatic heterocycles. The normalized spacial score (nSPS) is 17.1. The van der Waals surface area contributed by atoms with Gasteiger partial charge in [0.2, 0.25) is 0 Å². The summed E-state index contributed by atoms with van der Waals surface area (Å²) in [6, 6.07) is 22.0. The number of likely N-dealkylation sites (N-methyl/N-ethyl adjacent to an activating group) is 1. The number of hydrogen-bond donors (Lipinski definition) is 1. The predicted octanol–water partition coefficient (Wildman–Crippen LogP) is 4.21. The van der Waals surface area contributed by atoms with Gasteiger partial charge in [-0.1, -0.05) is 48.5 Å². The lowest BCUT2D eigenvalue weighted by Gasteiger charge is -2.26. The van der Waals surface area contributed by atoms with Gasteiger partial charge in [0.05, 0.1) is 17.3 Å². The molecule has 1 saturated heterocycles. The van der Waals surface area contributed by atoms with E-state index in [0.717, 1.165) is 5.56 Å². The number of Topliss-reactive ketones (excluding diaryl/α,β-unsaturated/α-hetero) is 1. The van der Waals surface area contributed by atoms with Crippen LogP contribution >= 0.6 is 0 Å². The van der Waals surface area contributed by atoms with Gasteiger partial charge in [0.15, 0.2) is 5.76 Å². The number of aryl methyl sites for hydroxylation is 1. The van der Waals surface area contributed by atoms with Crippen molar-refractivity contribution in [3.8, 4) is 5.75 Å². The minimum Gasteiger partial charge on any atom is -0.505 e. The van der Waals surface area contributed by atoms with Crippen LogP contribution in [0.2, 0.25) is 0 Å². The molecule has 8 nitrogen and oxygen atoms in total. The van der Waals surface area contributed by atoms with E-state index >= 15 is 0 Å². The standard InChI is InChI=1S/C30H30N4O4/c1-20-26(33-16-8-7-11-24(33)31-20)28(35)25-27(34(18-17-32(2)3)30(37)29(25)36)22-12-14-23(15-13-22)38-19-21-9-5-4-6-10-21/h4-16,27,35H,17-19H2,1-3H3. The van der Waals surface area contributed by atoms with Crippen molar-refractivity contribution in [2.45, 2.75) is 19.6 Å². The van der Waals surface area contributed by atoms with Gasteiger partial charge < -0.3 is 19.6 Å².